The molecule has 0 radical (unpaired) electrons. The molecule has 0 spiro atoms. The smallest absolute Gasteiger partial charge is 0.187 e. The normalized spacial score (nSPS) is 23.8. The largest absolute Gasteiger partial charge is 0.358 e. The van der Waals surface area contributed by atoms with Crippen molar-refractivity contribution in [2.75, 3.05) is 6.54 Å². The minimum absolute atomic E-state index is 0.0281. The average molecular weight is 237 g/mol. The fourth-order valence-electron chi connectivity index (χ4n) is 2.44. The van der Waals surface area contributed by atoms with E-state index in [0.717, 1.165) is 42.8 Å². The van der Waals surface area contributed by atoms with Gasteiger partial charge in [0, 0.05) is 23.5 Å². The molecular formula is C12H13ClN2O. The first kappa shape index (κ1) is 10.1. The van der Waals surface area contributed by atoms with Crippen LogP contribution < -0.4 is 5.32 Å². The topological polar surface area (TPSA) is 44.9 Å². The van der Waals surface area contributed by atoms with Crippen LogP contribution in [0.3, 0.4) is 0 Å². The molecule has 1 aliphatic heterocycles. The number of carbonyl (C=O) groups is 1. The van der Waals surface area contributed by atoms with Gasteiger partial charge in [-0.2, -0.15) is 0 Å². The van der Waals surface area contributed by atoms with Crippen LogP contribution in [0.5, 0.6) is 0 Å². The molecule has 0 saturated heterocycles. The Labute approximate surface area is 98.9 Å². The molecule has 1 atom stereocenters. The summed E-state index contributed by atoms with van der Waals surface area (Å²) in [5.74, 6) is 0.0281. The van der Waals surface area contributed by atoms with Gasteiger partial charge in [-0.05, 0) is 31.0 Å². The molecule has 1 aromatic rings. The summed E-state index contributed by atoms with van der Waals surface area (Å²) >= 11 is 5.96. The van der Waals surface area contributed by atoms with Gasteiger partial charge in [0.1, 0.15) is 5.38 Å². The second-order valence-electron chi connectivity index (χ2n) is 4.28. The van der Waals surface area contributed by atoms with Gasteiger partial charge in [-0.1, -0.05) is 6.08 Å². The summed E-state index contributed by atoms with van der Waals surface area (Å²) < 4.78 is 0. The van der Waals surface area contributed by atoms with Crippen molar-refractivity contribution in [3.05, 3.63) is 28.6 Å². The van der Waals surface area contributed by atoms with Gasteiger partial charge in [0.05, 0.1) is 0 Å². The number of hydrogen-bond donors (Lipinski definition) is 2. The number of carbonyl (C=O) groups excluding carboxylic acids is 1. The van der Waals surface area contributed by atoms with Crippen molar-refractivity contribution in [3.63, 3.8) is 0 Å². The van der Waals surface area contributed by atoms with E-state index in [9.17, 15) is 4.79 Å². The van der Waals surface area contributed by atoms with Crippen LogP contribution in [0.4, 0.5) is 0 Å². The standard InChI is InChI=1S/C12H13ClN2O/c13-8-3-4-10-11(12(8)16)7-6-14-5-1-2-9(7)15-10/h3-4,8,14-15H,1-2,5-6H2. The zero-order valence-electron chi connectivity index (χ0n) is 8.85. The summed E-state index contributed by atoms with van der Waals surface area (Å²) in [6, 6.07) is 0. The molecule has 3 nitrogen and oxygen atoms in total. The third-order valence-electron chi connectivity index (χ3n) is 3.23. The quantitative estimate of drug-likeness (QED) is 0.676. The Morgan fingerprint density at radius 1 is 1.44 bits per heavy atom. The van der Waals surface area contributed by atoms with Crippen molar-refractivity contribution in [2.24, 2.45) is 0 Å². The number of alkyl halides is 1. The van der Waals surface area contributed by atoms with E-state index in [-0.39, 0.29) is 5.78 Å². The van der Waals surface area contributed by atoms with Gasteiger partial charge >= 0.3 is 0 Å². The van der Waals surface area contributed by atoms with Crippen molar-refractivity contribution in [1.29, 1.82) is 0 Å². The van der Waals surface area contributed by atoms with Crippen LogP contribution in [0.1, 0.15) is 33.7 Å². The molecule has 3 rings (SSSR count). The van der Waals surface area contributed by atoms with Gasteiger partial charge in [-0.3, -0.25) is 4.79 Å². The maximum absolute atomic E-state index is 12.0. The Balaban J connectivity index is 2.14. The van der Waals surface area contributed by atoms with Crippen molar-refractivity contribution in [3.8, 4) is 0 Å². The summed E-state index contributed by atoms with van der Waals surface area (Å²) in [5, 5.41) is 2.83. The minimum Gasteiger partial charge on any atom is -0.358 e. The van der Waals surface area contributed by atoms with E-state index in [2.05, 4.69) is 10.3 Å². The highest BCUT2D eigenvalue weighted by Crippen LogP contribution is 2.29. The van der Waals surface area contributed by atoms with Crippen LogP contribution in [0.25, 0.3) is 6.08 Å². The molecule has 0 aromatic carbocycles. The number of hydrogen-bond acceptors (Lipinski definition) is 2. The molecule has 4 heteroatoms. The fourth-order valence-corrected chi connectivity index (χ4v) is 2.62. The molecule has 1 unspecified atom stereocenters. The Hall–Kier alpha value is -1.06. The van der Waals surface area contributed by atoms with Crippen LogP contribution in [-0.2, 0) is 13.0 Å². The average Bonchev–Trinajstić information content (AvgIpc) is 2.47. The lowest BCUT2D eigenvalue weighted by molar-refractivity contribution is 0.0997. The lowest BCUT2D eigenvalue weighted by Crippen LogP contribution is -2.20. The van der Waals surface area contributed by atoms with E-state index in [4.69, 9.17) is 11.6 Å². The van der Waals surface area contributed by atoms with E-state index >= 15 is 0 Å². The highest BCUT2D eigenvalue weighted by Gasteiger charge is 2.28. The second-order valence-corrected chi connectivity index (χ2v) is 4.75. The molecular weight excluding hydrogens is 224 g/mol. The molecule has 2 heterocycles. The van der Waals surface area contributed by atoms with Gasteiger partial charge in [-0.15, -0.1) is 11.6 Å². The Morgan fingerprint density at radius 3 is 3.19 bits per heavy atom. The molecule has 1 aromatic heterocycles. The van der Waals surface area contributed by atoms with Crippen LogP contribution in [-0.4, -0.2) is 22.7 Å². The molecule has 2 aliphatic rings. The highest BCUT2D eigenvalue weighted by molar-refractivity contribution is 6.36. The van der Waals surface area contributed by atoms with E-state index in [1.54, 1.807) is 6.08 Å². The first-order valence-electron chi connectivity index (χ1n) is 5.58. The van der Waals surface area contributed by atoms with Crippen molar-refractivity contribution >= 4 is 23.5 Å². The molecule has 0 saturated carbocycles. The molecule has 0 fully saturated rings. The summed E-state index contributed by atoms with van der Waals surface area (Å²) in [5.41, 5.74) is 4.04. The van der Waals surface area contributed by atoms with E-state index in [1.165, 1.54) is 5.69 Å². The van der Waals surface area contributed by atoms with Crippen LogP contribution in [0.15, 0.2) is 6.08 Å². The van der Waals surface area contributed by atoms with E-state index in [0.29, 0.717) is 0 Å². The summed E-state index contributed by atoms with van der Waals surface area (Å²) in [7, 11) is 0. The molecule has 84 valence electrons. The SMILES string of the molecule is O=C1c2c([nH]c3c2CNCCC3)C=CC1Cl. The number of fused-ring (bicyclic) bond motifs is 3. The summed E-state index contributed by atoms with van der Waals surface area (Å²) in [6.45, 7) is 1.77. The molecule has 0 bridgehead atoms. The van der Waals surface area contributed by atoms with Crippen LogP contribution >= 0.6 is 11.6 Å². The molecule has 16 heavy (non-hydrogen) atoms. The number of halogens is 1. The number of aromatic amines is 1. The number of rotatable bonds is 0. The van der Waals surface area contributed by atoms with Gasteiger partial charge in [-0.25, -0.2) is 0 Å². The summed E-state index contributed by atoms with van der Waals surface area (Å²) in [4.78, 5) is 15.4. The number of ketones is 1. The minimum atomic E-state index is -0.504. The third-order valence-corrected chi connectivity index (χ3v) is 3.58. The van der Waals surface area contributed by atoms with Crippen molar-refractivity contribution in [2.45, 2.75) is 24.8 Å². The van der Waals surface area contributed by atoms with Gasteiger partial charge in [0.15, 0.2) is 5.78 Å². The molecule has 1 aliphatic carbocycles. The van der Waals surface area contributed by atoms with Gasteiger partial charge in [0.25, 0.3) is 0 Å². The second kappa shape index (κ2) is 3.75. The van der Waals surface area contributed by atoms with Gasteiger partial charge in [0.2, 0.25) is 0 Å². The van der Waals surface area contributed by atoms with Crippen LogP contribution in [0.2, 0.25) is 0 Å². The molecule has 0 amide bonds. The Morgan fingerprint density at radius 2 is 2.31 bits per heavy atom. The lowest BCUT2D eigenvalue weighted by atomic mass is 9.97. The number of aryl methyl sites for hydroxylation is 1. The van der Waals surface area contributed by atoms with E-state index < -0.39 is 5.38 Å². The number of allylic oxidation sites excluding steroid dienone is 1. The van der Waals surface area contributed by atoms with Crippen molar-refractivity contribution < 1.29 is 4.79 Å². The zero-order chi connectivity index (χ0) is 11.1. The first-order valence-corrected chi connectivity index (χ1v) is 6.02. The Kier molecular flexibility index (Phi) is 2.37. The monoisotopic (exact) mass is 236 g/mol. The number of H-pyrrole nitrogens is 1. The Bertz CT molecular complexity index is 476. The zero-order valence-corrected chi connectivity index (χ0v) is 9.60. The predicted molar refractivity (Wildman–Crippen MR) is 63.8 cm³/mol. The van der Waals surface area contributed by atoms with Gasteiger partial charge < -0.3 is 10.3 Å². The number of nitrogens with one attached hydrogen (secondary N) is 2. The maximum atomic E-state index is 12.0. The first-order chi connectivity index (χ1) is 7.77. The van der Waals surface area contributed by atoms with Crippen LogP contribution in [0, 0.1) is 0 Å². The fraction of sp³-hybridized carbons (Fsp3) is 0.417. The number of aromatic nitrogens is 1. The van der Waals surface area contributed by atoms with Crippen molar-refractivity contribution in [1.82, 2.24) is 10.3 Å². The highest BCUT2D eigenvalue weighted by atomic mass is 35.5. The third kappa shape index (κ3) is 1.43. The predicted octanol–water partition coefficient (Wildman–Crippen LogP) is 1.87. The maximum Gasteiger partial charge on any atom is 0.187 e. The molecule has 2 N–H and O–H groups in total. The summed E-state index contributed by atoms with van der Waals surface area (Å²) in [6.07, 6.45) is 5.77. The lowest BCUT2D eigenvalue weighted by Gasteiger charge is -2.11. The van der Waals surface area contributed by atoms with E-state index in [1.807, 2.05) is 6.08 Å². The number of Topliss-reactive ketones (excluding diaryl/α,β-unsaturated/α-hetero) is 1.